The number of aromatic amines is 1. The van der Waals surface area contributed by atoms with Gasteiger partial charge < -0.3 is 15.2 Å². The summed E-state index contributed by atoms with van der Waals surface area (Å²) in [4.78, 5) is 39.7. The van der Waals surface area contributed by atoms with Crippen molar-refractivity contribution in [1.82, 2.24) is 20.1 Å². The van der Waals surface area contributed by atoms with Crippen LogP contribution in [0.3, 0.4) is 0 Å². The minimum absolute atomic E-state index is 0.102. The summed E-state index contributed by atoms with van der Waals surface area (Å²) < 4.78 is 1.32. The van der Waals surface area contributed by atoms with E-state index in [0.29, 0.717) is 12.1 Å². The Hall–Kier alpha value is -2.90. The maximum atomic E-state index is 12.2. The molecule has 3 rings (SSSR count). The number of piperidine rings is 1. The van der Waals surface area contributed by atoms with Crippen LogP contribution < -0.4 is 21.3 Å². The fourth-order valence-electron chi connectivity index (χ4n) is 3.06. The molecule has 2 aromatic rings. The van der Waals surface area contributed by atoms with Gasteiger partial charge in [-0.1, -0.05) is 0 Å². The molecule has 1 atom stereocenters. The zero-order valence-corrected chi connectivity index (χ0v) is 14.1. The molecule has 0 bridgehead atoms. The fourth-order valence-corrected chi connectivity index (χ4v) is 3.06. The lowest BCUT2D eigenvalue weighted by Crippen LogP contribution is -2.47. The normalized spacial score (nSPS) is 17.3. The third-order valence-corrected chi connectivity index (χ3v) is 4.40. The van der Waals surface area contributed by atoms with Crippen molar-refractivity contribution in [3.63, 3.8) is 0 Å². The molecule has 0 radical (unpaired) electrons. The van der Waals surface area contributed by atoms with Gasteiger partial charge in [0.2, 0.25) is 5.56 Å². The van der Waals surface area contributed by atoms with Crippen molar-refractivity contribution in [1.29, 1.82) is 0 Å². The molecule has 132 valence electrons. The van der Waals surface area contributed by atoms with Crippen molar-refractivity contribution in [2.45, 2.75) is 25.3 Å². The molecule has 1 aliphatic rings. The molecular weight excluding hydrogens is 322 g/mol. The number of rotatable bonds is 4. The molecule has 8 nitrogen and oxygen atoms in total. The highest BCUT2D eigenvalue weighted by molar-refractivity contribution is 5.94. The van der Waals surface area contributed by atoms with Gasteiger partial charge in [-0.2, -0.15) is 5.10 Å². The van der Waals surface area contributed by atoms with Crippen molar-refractivity contribution >= 4 is 11.7 Å². The lowest BCUT2D eigenvalue weighted by Gasteiger charge is -2.36. The molecule has 0 aliphatic carbocycles. The number of amides is 1. The Bertz CT molecular complexity index is 873. The minimum atomic E-state index is -0.304. The van der Waals surface area contributed by atoms with E-state index in [4.69, 9.17) is 0 Å². The molecule has 1 unspecified atom stereocenters. The Morgan fingerprint density at radius 3 is 2.92 bits per heavy atom. The molecule has 2 N–H and O–H groups in total. The third kappa shape index (κ3) is 3.96. The fraction of sp³-hybridized carbons (Fsp3) is 0.412. The second-order valence-electron chi connectivity index (χ2n) is 6.15. The lowest BCUT2D eigenvalue weighted by molar-refractivity contribution is 0.0949. The quantitative estimate of drug-likeness (QED) is 0.829. The summed E-state index contributed by atoms with van der Waals surface area (Å²) in [5.74, 6) is 0.460. The second-order valence-corrected chi connectivity index (χ2v) is 6.15. The van der Waals surface area contributed by atoms with Crippen LogP contribution in [0.1, 0.15) is 29.6 Å². The Kier molecular flexibility index (Phi) is 4.97. The summed E-state index contributed by atoms with van der Waals surface area (Å²) in [6.07, 6.45) is 4.51. The van der Waals surface area contributed by atoms with Crippen LogP contribution in [0.4, 0.5) is 5.82 Å². The molecule has 1 aliphatic heterocycles. The van der Waals surface area contributed by atoms with E-state index < -0.39 is 0 Å². The van der Waals surface area contributed by atoms with E-state index >= 15 is 0 Å². The molecule has 0 aromatic carbocycles. The summed E-state index contributed by atoms with van der Waals surface area (Å²) >= 11 is 0. The molecule has 0 saturated carbocycles. The number of nitrogens with one attached hydrogen (secondary N) is 2. The van der Waals surface area contributed by atoms with Gasteiger partial charge in [0.1, 0.15) is 5.82 Å². The third-order valence-electron chi connectivity index (χ3n) is 4.40. The van der Waals surface area contributed by atoms with E-state index in [9.17, 15) is 14.4 Å². The number of carbonyl (C=O) groups excluding carboxylic acids is 1. The molecule has 0 spiro atoms. The zero-order valence-electron chi connectivity index (χ0n) is 14.1. The average molecular weight is 343 g/mol. The van der Waals surface area contributed by atoms with Crippen LogP contribution in [0.15, 0.2) is 40.1 Å². The molecule has 2 aromatic heterocycles. The first-order chi connectivity index (χ1) is 12.0. The first-order valence-corrected chi connectivity index (χ1v) is 8.32. The number of aromatic nitrogens is 3. The van der Waals surface area contributed by atoms with Crippen LogP contribution >= 0.6 is 0 Å². The molecule has 1 amide bonds. The maximum absolute atomic E-state index is 12.2. The summed E-state index contributed by atoms with van der Waals surface area (Å²) in [7, 11) is 1.62. The Balaban J connectivity index is 1.71. The number of anilines is 1. The van der Waals surface area contributed by atoms with Gasteiger partial charge in [-0.05, 0) is 31.4 Å². The van der Waals surface area contributed by atoms with E-state index in [0.717, 1.165) is 31.6 Å². The summed E-state index contributed by atoms with van der Waals surface area (Å²) in [5, 5.41) is 7.21. The van der Waals surface area contributed by atoms with Gasteiger partial charge >= 0.3 is 0 Å². The lowest BCUT2D eigenvalue weighted by atomic mass is 10.0. The number of H-pyrrole nitrogens is 1. The van der Waals surface area contributed by atoms with Gasteiger partial charge in [-0.15, -0.1) is 0 Å². The number of pyridine rings is 1. The molecule has 1 saturated heterocycles. The van der Waals surface area contributed by atoms with Crippen LogP contribution in [0.2, 0.25) is 0 Å². The predicted molar refractivity (Wildman–Crippen MR) is 93.9 cm³/mol. The van der Waals surface area contributed by atoms with Crippen LogP contribution in [0, 0.1) is 0 Å². The van der Waals surface area contributed by atoms with E-state index in [1.807, 2.05) is 0 Å². The predicted octanol–water partition coefficient (Wildman–Crippen LogP) is 0.258. The Morgan fingerprint density at radius 2 is 2.16 bits per heavy atom. The highest BCUT2D eigenvalue weighted by atomic mass is 16.2. The minimum Gasteiger partial charge on any atom is -0.350 e. The van der Waals surface area contributed by atoms with Crippen molar-refractivity contribution < 1.29 is 4.79 Å². The van der Waals surface area contributed by atoms with Crippen molar-refractivity contribution in [2.75, 3.05) is 18.0 Å². The molecule has 25 heavy (non-hydrogen) atoms. The van der Waals surface area contributed by atoms with Gasteiger partial charge in [-0.25, -0.2) is 4.68 Å². The van der Waals surface area contributed by atoms with Crippen LogP contribution in [0.25, 0.3) is 0 Å². The summed E-state index contributed by atoms with van der Waals surface area (Å²) in [6.45, 7) is 1.28. The monoisotopic (exact) mass is 343 g/mol. The van der Waals surface area contributed by atoms with Crippen LogP contribution in [-0.4, -0.2) is 39.8 Å². The Morgan fingerprint density at radius 1 is 1.32 bits per heavy atom. The highest BCUT2D eigenvalue weighted by Crippen LogP contribution is 2.21. The topological polar surface area (TPSA) is 100 Å². The van der Waals surface area contributed by atoms with Gasteiger partial charge in [0.15, 0.2) is 0 Å². The molecule has 3 heterocycles. The summed E-state index contributed by atoms with van der Waals surface area (Å²) in [6, 6.07) is 6.18. The van der Waals surface area contributed by atoms with Gasteiger partial charge in [0.05, 0.1) is 0 Å². The highest BCUT2D eigenvalue weighted by Gasteiger charge is 2.24. The number of hydrogen-bond acceptors (Lipinski definition) is 5. The smallest absolute Gasteiger partial charge is 0.266 e. The van der Waals surface area contributed by atoms with E-state index in [1.165, 1.54) is 23.0 Å². The van der Waals surface area contributed by atoms with Crippen LogP contribution in [-0.2, 0) is 7.05 Å². The Labute approximate surface area is 144 Å². The standard InChI is InChI=1S/C17H21N5O3/c1-21-16(24)6-5-14(20-21)22-9-3-2-4-13(22)11-19-17(25)12-7-8-18-15(23)10-12/h5-8,10,13H,2-4,9,11H2,1H3,(H,18,23)(H,19,25). The zero-order chi connectivity index (χ0) is 17.8. The number of nitrogens with zero attached hydrogens (tertiary/aromatic N) is 3. The molecule has 1 fully saturated rings. The largest absolute Gasteiger partial charge is 0.350 e. The SMILES string of the molecule is Cn1nc(N2CCCCC2CNC(=O)c2cc[nH]c(=O)c2)ccc1=O. The van der Waals surface area contributed by atoms with E-state index in [2.05, 4.69) is 20.3 Å². The van der Waals surface area contributed by atoms with Gasteiger partial charge in [0, 0.05) is 50.1 Å². The maximum Gasteiger partial charge on any atom is 0.266 e. The van der Waals surface area contributed by atoms with E-state index in [-0.39, 0.29) is 23.1 Å². The first kappa shape index (κ1) is 16.9. The summed E-state index contributed by atoms with van der Waals surface area (Å²) in [5.41, 5.74) is -0.118. The van der Waals surface area contributed by atoms with Crippen LogP contribution in [0.5, 0.6) is 0 Å². The second kappa shape index (κ2) is 7.33. The average Bonchev–Trinajstić information content (AvgIpc) is 2.62. The number of carbonyl (C=O) groups is 1. The first-order valence-electron chi connectivity index (χ1n) is 8.32. The van der Waals surface area contributed by atoms with Crippen molar-refractivity contribution in [3.05, 3.63) is 56.7 Å². The van der Waals surface area contributed by atoms with Gasteiger partial charge in [-0.3, -0.25) is 14.4 Å². The van der Waals surface area contributed by atoms with Gasteiger partial charge in [0.25, 0.3) is 11.5 Å². The van der Waals surface area contributed by atoms with Crippen molar-refractivity contribution in [3.8, 4) is 0 Å². The number of hydrogen-bond donors (Lipinski definition) is 2. The molecule has 8 heteroatoms. The van der Waals surface area contributed by atoms with Crippen molar-refractivity contribution in [2.24, 2.45) is 7.05 Å². The van der Waals surface area contributed by atoms with E-state index in [1.54, 1.807) is 19.2 Å². The molecular formula is C17H21N5O3. The number of aryl methyl sites for hydroxylation is 1.